The molecule has 0 fully saturated rings. The molecule has 2 aromatic heterocycles. The molecule has 5 heteroatoms. The molecule has 0 aliphatic carbocycles. The second-order valence-corrected chi connectivity index (χ2v) is 5.95. The van der Waals surface area contributed by atoms with Gasteiger partial charge >= 0.3 is 4.77 Å². The lowest BCUT2D eigenvalue weighted by atomic mass is 10.3. The zero-order valence-corrected chi connectivity index (χ0v) is 13.7. The number of aromatic nitrogens is 3. The van der Waals surface area contributed by atoms with Gasteiger partial charge in [0.15, 0.2) is 0 Å². The average Bonchev–Trinajstić information content (AvgIpc) is 2.88. The maximum atomic E-state index is 6.01. The first-order chi connectivity index (χ1) is 11.3. The van der Waals surface area contributed by atoms with Gasteiger partial charge in [-0.05, 0) is 54.7 Å². The highest BCUT2D eigenvalue weighted by molar-refractivity contribution is 7.71. The summed E-state index contributed by atoms with van der Waals surface area (Å²) in [7, 11) is 0. The molecule has 0 spiro atoms. The second kappa shape index (κ2) is 5.65. The normalized spacial score (nSPS) is 11.0. The Kier molecular flexibility index (Phi) is 3.48. The molecule has 0 radical (unpaired) electrons. The first kappa shape index (κ1) is 14.2. The fourth-order valence-corrected chi connectivity index (χ4v) is 3.21. The molecule has 4 rings (SSSR count). The van der Waals surface area contributed by atoms with Crippen LogP contribution in [0.1, 0.15) is 0 Å². The first-order valence-corrected chi connectivity index (χ1v) is 8.00. The van der Waals surface area contributed by atoms with Crippen molar-refractivity contribution in [3.63, 3.8) is 0 Å². The quantitative estimate of drug-likeness (QED) is 0.390. The fraction of sp³-hybridized carbons (Fsp3) is 0. The van der Waals surface area contributed by atoms with E-state index in [2.05, 4.69) is 22.8 Å². The van der Waals surface area contributed by atoms with Crippen LogP contribution in [0.4, 0.5) is 0 Å². The van der Waals surface area contributed by atoms with Crippen LogP contribution in [0.25, 0.3) is 17.0 Å². The van der Waals surface area contributed by atoms with Crippen LogP contribution >= 0.6 is 23.8 Å². The summed E-state index contributed by atoms with van der Waals surface area (Å²) in [6.07, 6.45) is 2.00. The van der Waals surface area contributed by atoms with Gasteiger partial charge in [-0.1, -0.05) is 40.5 Å². The van der Waals surface area contributed by atoms with Gasteiger partial charge in [-0.15, -0.1) is 4.52 Å². The van der Waals surface area contributed by atoms with E-state index in [1.54, 1.807) is 0 Å². The highest BCUT2D eigenvalue weighted by Gasteiger charge is 2.20. The molecule has 23 heavy (non-hydrogen) atoms. The molecule has 2 aromatic carbocycles. The number of nitrogens with zero attached hydrogens (tertiary/aromatic N) is 3. The van der Waals surface area contributed by atoms with Crippen LogP contribution < -0.4 is 4.57 Å². The molecule has 0 unspecified atom stereocenters. The van der Waals surface area contributed by atoms with Crippen molar-refractivity contribution >= 4 is 29.5 Å². The average molecular weight is 339 g/mol. The third-order valence-electron chi connectivity index (χ3n) is 3.72. The summed E-state index contributed by atoms with van der Waals surface area (Å²) in [5.74, 6) is 0. The van der Waals surface area contributed by atoms with Crippen molar-refractivity contribution in [3.8, 4) is 11.4 Å². The van der Waals surface area contributed by atoms with Crippen molar-refractivity contribution in [2.75, 3.05) is 0 Å². The van der Waals surface area contributed by atoms with Gasteiger partial charge in [-0.2, -0.15) is 4.57 Å². The summed E-state index contributed by atoms with van der Waals surface area (Å²) >= 11 is 11.8. The summed E-state index contributed by atoms with van der Waals surface area (Å²) in [4.78, 5) is 0. The number of hydrogen-bond donors (Lipinski definition) is 0. The number of hydrogen-bond acceptors (Lipinski definition) is 1. The molecule has 0 saturated carbocycles. The third kappa shape index (κ3) is 2.36. The highest BCUT2D eigenvalue weighted by Crippen LogP contribution is 2.16. The van der Waals surface area contributed by atoms with E-state index in [1.807, 2.05) is 70.0 Å². The molecule has 4 aromatic rings. The minimum atomic E-state index is 0.699. The van der Waals surface area contributed by atoms with E-state index >= 15 is 0 Å². The summed E-state index contributed by atoms with van der Waals surface area (Å²) in [5.41, 5.74) is 3.00. The van der Waals surface area contributed by atoms with E-state index in [1.165, 1.54) is 0 Å². The highest BCUT2D eigenvalue weighted by atomic mass is 35.5. The molecule has 0 bridgehead atoms. The fourth-order valence-electron chi connectivity index (χ4n) is 2.69. The minimum Gasteiger partial charge on any atom is -0.183 e. The largest absolute Gasteiger partial charge is 0.336 e. The molecule has 0 atom stereocenters. The standard InChI is InChI=1S/C18H13ClN3S/c19-14-9-11-16(12-10-14)22-18(23)21(15-6-2-1-3-7-15)17-8-4-5-13-20(17)22/h1-13H/q+1. The minimum absolute atomic E-state index is 0.699. The van der Waals surface area contributed by atoms with Crippen LogP contribution in [0.2, 0.25) is 5.02 Å². The lowest BCUT2D eigenvalue weighted by Crippen LogP contribution is -2.31. The van der Waals surface area contributed by atoms with Crippen LogP contribution in [0.3, 0.4) is 0 Å². The predicted molar refractivity (Wildman–Crippen MR) is 94.1 cm³/mol. The molecule has 2 heterocycles. The summed E-state index contributed by atoms with van der Waals surface area (Å²) < 4.78 is 6.79. The Hall–Kier alpha value is -2.43. The zero-order valence-electron chi connectivity index (χ0n) is 12.1. The van der Waals surface area contributed by atoms with E-state index in [0.29, 0.717) is 9.79 Å². The predicted octanol–water partition coefficient (Wildman–Crippen LogP) is 4.39. The van der Waals surface area contributed by atoms with Crippen LogP contribution in [-0.4, -0.2) is 9.20 Å². The topological polar surface area (TPSA) is 13.2 Å². The SMILES string of the molecule is S=c1n(-c2ccc(Cl)cc2)n2ccccc2[n+]1-c1ccccc1. The Morgan fingerprint density at radius 1 is 0.826 bits per heavy atom. The van der Waals surface area contributed by atoms with E-state index in [4.69, 9.17) is 23.8 Å². The van der Waals surface area contributed by atoms with Crippen LogP contribution in [0, 0.1) is 4.77 Å². The van der Waals surface area contributed by atoms with Crippen molar-refractivity contribution in [1.29, 1.82) is 0 Å². The molecule has 0 amide bonds. The Morgan fingerprint density at radius 3 is 2.26 bits per heavy atom. The van der Waals surface area contributed by atoms with E-state index < -0.39 is 0 Å². The van der Waals surface area contributed by atoms with E-state index in [9.17, 15) is 0 Å². The molecule has 0 aliphatic rings. The monoisotopic (exact) mass is 338 g/mol. The van der Waals surface area contributed by atoms with Crippen molar-refractivity contribution in [3.05, 3.63) is 88.8 Å². The van der Waals surface area contributed by atoms with Gasteiger partial charge in [-0.25, -0.2) is 0 Å². The Labute approximate surface area is 143 Å². The van der Waals surface area contributed by atoms with Crippen molar-refractivity contribution in [1.82, 2.24) is 9.20 Å². The number of fused-ring (bicyclic) bond motifs is 1. The summed E-state index contributed by atoms with van der Waals surface area (Å²) in [6.45, 7) is 0. The summed E-state index contributed by atoms with van der Waals surface area (Å²) in [5, 5.41) is 0.706. The van der Waals surface area contributed by atoms with E-state index in [-0.39, 0.29) is 0 Å². The number of rotatable bonds is 2. The Bertz CT molecular complexity index is 1030. The Balaban J connectivity index is 2.09. The van der Waals surface area contributed by atoms with Gasteiger partial charge in [0.25, 0.3) is 5.65 Å². The van der Waals surface area contributed by atoms with Crippen molar-refractivity contribution in [2.24, 2.45) is 0 Å². The molecular formula is C18H13ClN3S+. The maximum Gasteiger partial charge on any atom is 0.336 e. The lowest BCUT2D eigenvalue weighted by Gasteiger charge is -1.97. The van der Waals surface area contributed by atoms with Gasteiger partial charge in [0.05, 0.1) is 0 Å². The van der Waals surface area contributed by atoms with Crippen LogP contribution in [0.15, 0.2) is 79.0 Å². The van der Waals surface area contributed by atoms with Crippen LogP contribution in [-0.2, 0) is 0 Å². The molecule has 0 saturated heterocycles. The van der Waals surface area contributed by atoms with Gasteiger partial charge in [0.1, 0.15) is 17.6 Å². The Morgan fingerprint density at radius 2 is 1.52 bits per heavy atom. The number of para-hydroxylation sites is 1. The molecule has 112 valence electrons. The second-order valence-electron chi connectivity index (χ2n) is 5.15. The van der Waals surface area contributed by atoms with Gasteiger partial charge in [0.2, 0.25) is 0 Å². The zero-order chi connectivity index (χ0) is 15.8. The smallest absolute Gasteiger partial charge is 0.183 e. The van der Waals surface area contributed by atoms with Crippen LogP contribution in [0.5, 0.6) is 0 Å². The first-order valence-electron chi connectivity index (χ1n) is 7.21. The summed E-state index contributed by atoms with van der Waals surface area (Å²) in [6, 6.07) is 23.8. The number of benzene rings is 2. The van der Waals surface area contributed by atoms with Gasteiger partial charge in [-0.3, -0.25) is 0 Å². The maximum absolute atomic E-state index is 6.01. The van der Waals surface area contributed by atoms with E-state index in [0.717, 1.165) is 17.0 Å². The molecular weight excluding hydrogens is 326 g/mol. The van der Waals surface area contributed by atoms with Gasteiger partial charge in [0, 0.05) is 11.1 Å². The molecule has 0 N–H and O–H groups in total. The third-order valence-corrected chi connectivity index (χ3v) is 4.33. The molecule has 0 aliphatic heterocycles. The van der Waals surface area contributed by atoms with Crippen molar-refractivity contribution in [2.45, 2.75) is 0 Å². The number of halogens is 1. The van der Waals surface area contributed by atoms with Crippen molar-refractivity contribution < 1.29 is 4.57 Å². The lowest BCUT2D eigenvalue weighted by molar-refractivity contribution is -0.576. The molecule has 3 nitrogen and oxygen atoms in total. The van der Waals surface area contributed by atoms with Gasteiger partial charge < -0.3 is 0 Å². The number of pyridine rings is 1.